The third kappa shape index (κ3) is 3.48. The Balaban J connectivity index is 0.000000606. The Morgan fingerprint density at radius 2 is 1.88 bits per heavy atom. The van der Waals surface area contributed by atoms with Gasteiger partial charge in [0.05, 0.1) is 0 Å². The van der Waals surface area contributed by atoms with Gasteiger partial charge in [-0.1, -0.05) is 40.5 Å². The standard InChI is InChI=1S/C13H25N.C2H6/c1-3-14-9-5-8-13(11-14)7-4-6-12(2)10-13;1-2/h12H,3-11H2,1-2H3;1-2H3. The van der Waals surface area contributed by atoms with E-state index in [0.717, 1.165) is 11.3 Å². The molecule has 1 spiro atoms. The second-order valence-corrected chi connectivity index (χ2v) is 5.67. The molecule has 1 heteroatoms. The van der Waals surface area contributed by atoms with E-state index in [0.29, 0.717) is 0 Å². The summed E-state index contributed by atoms with van der Waals surface area (Å²) in [5.41, 5.74) is 0.728. The summed E-state index contributed by atoms with van der Waals surface area (Å²) in [5, 5.41) is 0. The summed E-state index contributed by atoms with van der Waals surface area (Å²) in [5.74, 6) is 0.987. The molecular formula is C15H31N. The molecule has 1 aliphatic carbocycles. The van der Waals surface area contributed by atoms with E-state index in [1.807, 2.05) is 13.8 Å². The molecule has 0 bridgehead atoms. The fourth-order valence-corrected chi connectivity index (χ4v) is 3.72. The molecule has 2 atom stereocenters. The first kappa shape index (κ1) is 14.0. The lowest BCUT2D eigenvalue weighted by Gasteiger charge is -2.47. The largest absolute Gasteiger partial charge is 0.303 e. The zero-order valence-corrected chi connectivity index (χ0v) is 11.9. The molecule has 2 fully saturated rings. The Bertz CT molecular complexity index is 186. The summed E-state index contributed by atoms with van der Waals surface area (Å²) in [6.07, 6.45) is 8.93. The fourth-order valence-electron chi connectivity index (χ4n) is 3.72. The van der Waals surface area contributed by atoms with Crippen molar-refractivity contribution in [1.82, 2.24) is 4.90 Å². The van der Waals surface area contributed by atoms with Crippen molar-refractivity contribution in [2.75, 3.05) is 19.6 Å². The average molecular weight is 225 g/mol. The second-order valence-electron chi connectivity index (χ2n) is 5.67. The molecule has 1 heterocycles. The predicted octanol–water partition coefficient (Wildman–Crippen LogP) is 4.32. The first-order chi connectivity index (χ1) is 7.74. The van der Waals surface area contributed by atoms with Crippen molar-refractivity contribution in [3.63, 3.8) is 0 Å². The van der Waals surface area contributed by atoms with Gasteiger partial charge in [0.25, 0.3) is 0 Å². The van der Waals surface area contributed by atoms with Crippen LogP contribution >= 0.6 is 0 Å². The molecule has 0 amide bonds. The summed E-state index contributed by atoms with van der Waals surface area (Å²) >= 11 is 0. The molecule has 1 saturated carbocycles. The molecule has 2 rings (SSSR count). The van der Waals surface area contributed by atoms with Crippen LogP contribution in [0.15, 0.2) is 0 Å². The number of rotatable bonds is 1. The predicted molar refractivity (Wildman–Crippen MR) is 72.8 cm³/mol. The topological polar surface area (TPSA) is 3.24 Å². The van der Waals surface area contributed by atoms with Gasteiger partial charge in [-0.25, -0.2) is 0 Å². The van der Waals surface area contributed by atoms with Crippen LogP contribution in [0.2, 0.25) is 0 Å². The van der Waals surface area contributed by atoms with Gasteiger partial charge in [0.2, 0.25) is 0 Å². The summed E-state index contributed by atoms with van der Waals surface area (Å²) in [4.78, 5) is 2.67. The minimum Gasteiger partial charge on any atom is -0.303 e. The maximum Gasteiger partial charge on any atom is 0.00380 e. The molecule has 0 aromatic carbocycles. The van der Waals surface area contributed by atoms with Gasteiger partial charge in [-0.3, -0.25) is 0 Å². The quantitative estimate of drug-likeness (QED) is 0.642. The molecule has 0 N–H and O–H groups in total. The molecule has 1 saturated heterocycles. The summed E-state index contributed by atoms with van der Waals surface area (Å²) in [6.45, 7) is 12.8. The normalized spacial score (nSPS) is 35.6. The average Bonchev–Trinajstić information content (AvgIpc) is 2.31. The fraction of sp³-hybridized carbons (Fsp3) is 1.00. The smallest absolute Gasteiger partial charge is 0.00380 e. The van der Waals surface area contributed by atoms with E-state index in [9.17, 15) is 0 Å². The molecule has 2 aliphatic rings. The summed E-state index contributed by atoms with van der Waals surface area (Å²) in [7, 11) is 0. The van der Waals surface area contributed by atoms with Gasteiger partial charge in [-0.2, -0.15) is 0 Å². The van der Waals surface area contributed by atoms with Crippen molar-refractivity contribution in [3.05, 3.63) is 0 Å². The number of hydrogen-bond acceptors (Lipinski definition) is 1. The van der Waals surface area contributed by atoms with Crippen molar-refractivity contribution < 1.29 is 0 Å². The lowest BCUT2D eigenvalue weighted by molar-refractivity contribution is 0.0389. The molecule has 1 aliphatic heterocycles. The zero-order chi connectivity index (χ0) is 12.0. The van der Waals surface area contributed by atoms with Gasteiger partial charge >= 0.3 is 0 Å². The van der Waals surface area contributed by atoms with Crippen LogP contribution in [0.4, 0.5) is 0 Å². The number of nitrogens with zero attached hydrogens (tertiary/aromatic N) is 1. The lowest BCUT2D eigenvalue weighted by atomic mass is 9.66. The van der Waals surface area contributed by atoms with Crippen LogP contribution < -0.4 is 0 Å². The van der Waals surface area contributed by atoms with E-state index in [1.54, 1.807) is 0 Å². The van der Waals surface area contributed by atoms with E-state index in [1.165, 1.54) is 58.2 Å². The number of piperidine rings is 1. The Kier molecular flexibility index (Phi) is 5.82. The molecule has 1 nitrogen and oxygen atoms in total. The first-order valence-electron chi connectivity index (χ1n) is 7.46. The van der Waals surface area contributed by atoms with Crippen molar-refractivity contribution in [1.29, 1.82) is 0 Å². The van der Waals surface area contributed by atoms with E-state index < -0.39 is 0 Å². The van der Waals surface area contributed by atoms with E-state index in [2.05, 4.69) is 18.7 Å². The van der Waals surface area contributed by atoms with Gasteiger partial charge in [0, 0.05) is 6.54 Å². The van der Waals surface area contributed by atoms with Crippen molar-refractivity contribution in [2.24, 2.45) is 11.3 Å². The Morgan fingerprint density at radius 1 is 1.19 bits per heavy atom. The van der Waals surface area contributed by atoms with Crippen LogP contribution in [0.5, 0.6) is 0 Å². The highest BCUT2D eigenvalue weighted by Crippen LogP contribution is 2.45. The van der Waals surface area contributed by atoms with Crippen molar-refractivity contribution in [3.8, 4) is 0 Å². The molecular weight excluding hydrogens is 194 g/mol. The molecule has 2 unspecified atom stereocenters. The molecule has 16 heavy (non-hydrogen) atoms. The third-order valence-electron chi connectivity index (χ3n) is 4.37. The summed E-state index contributed by atoms with van der Waals surface area (Å²) in [6, 6.07) is 0. The van der Waals surface area contributed by atoms with Gasteiger partial charge in [0.15, 0.2) is 0 Å². The number of likely N-dealkylation sites (tertiary alicyclic amines) is 1. The maximum absolute atomic E-state index is 2.67. The van der Waals surface area contributed by atoms with Crippen LogP contribution in [0, 0.1) is 11.3 Å². The van der Waals surface area contributed by atoms with Gasteiger partial charge in [0.1, 0.15) is 0 Å². The van der Waals surface area contributed by atoms with Gasteiger partial charge in [-0.05, 0) is 50.1 Å². The lowest BCUT2D eigenvalue weighted by Crippen LogP contribution is -2.45. The monoisotopic (exact) mass is 225 g/mol. The zero-order valence-electron chi connectivity index (χ0n) is 11.9. The minimum atomic E-state index is 0.728. The number of hydrogen-bond donors (Lipinski definition) is 0. The van der Waals surface area contributed by atoms with Crippen LogP contribution in [-0.4, -0.2) is 24.5 Å². The highest BCUT2D eigenvalue weighted by molar-refractivity contribution is 4.90. The highest BCUT2D eigenvalue weighted by Gasteiger charge is 2.37. The highest BCUT2D eigenvalue weighted by atomic mass is 15.1. The Morgan fingerprint density at radius 3 is 2.50 bits per heavy atom. The molecule has 0 radical (unpaired) electrons. The van der Waals surface area contributed by atoms with E-state index in [4.69, 9.17) is 0 Å². The van der Waals surface area contributed by atoms with E-state index in [-0.39, 0.29) is 0 Å². The van der Waals surface area contributed by atoms with Crippen LogP contribution in [-0.2, 0) is 0 Å². The Hall–Kier alpha value is -0.0400. The second kappa shape index (κ2) is 6.64. The molecule has 96 valence electrons. The van der Waals surface area contributed by atoms with Crippen LogP contribution in [0.3, 0.4) is 0 Å². The molecule has 0 aromatic heterocycles. The van der Waals surface area contributed by atoms with Crippen molar-refractivity contribution >= 4 is 0 Å². The van der Waals surface area contributed by atoms with Crippen LogP contribution in [0.25, 0.3) is 0 Å². The minimum absolute atomic E-state index is 0.728. The van der Waals surface area contributed by atoms with Gasteiger partial charge in [-0.15, -0.1) is 0 Å². The maximum atomic E-state index is 2.67. The molecule has 0 aromatic rings. The van der Waals surface area contributed by atoms with Crippen LogP contribution in [0.1, 0.15) is 66.2 Å². The third-order valence-corrected chi connectivity index (χ3v) is 4.37. The van der Waals surface area contributed by atoms with Gasteiger partial charge < -0.3 is 4.90 Å². The van der Waals surface area contributed by atoms with Crippen molar-refractivity contribution in [2.45, 2.75) is 66.2 Å². The SMILES string of the molecule is CC.CCN1CCCC2(CCCC(C)C2)C1. The first-order valence-corrected chi connectivity index (χ1v) is 7.46. The van der Waals surface area contributed by atoms with E-state index >= 15 is 0 Å². The summed E-state index contributed by atoms with van der Waals surface area (Å²) < 4.78 is 0. The Labute approximate surface area is 103 Å².